The number of rotatable bonds is 4. The molecular weight excluding hydrogens is 344 g/mol. The maximum Gasteiger partial charge on any atom is 0.264 e. The third-order valence-corrected chi connectivity index (χ3v) is 5.81. The van der Waals surface area contributed by atoms with Crippen molar-refractivity contribution >= 4 is 33.3 Å². The molecule has 2 aromatic rings. The summed E-state index contributed by atoms with van der Waals surface area (Å²) in [6, 6.07) is 15.4. The van der Waals surface area contributed by atoms with Gasteiger partial charge in [-0.2, -0.15) is 13.7 Å². The third kappa shape index (κ3) is 3.41. The monoisotopic (exact) mass is 360 g/mol. The lowest BCUT2D eigenvalue weighted by Gasteiger charge is -2.37. The summed E-state index contributed by atoms with van der Waals surface area (Å²) < 4.78 is 31.2. The van der Waals surface area contributed by atoms with E-state index in [-0.39, 0.29) is 18.2 Å². The molecule has 0 saturated carbocycles. The minimum absolute atomic E-state index is 0.151. The zero-order chi connectivity index (χ0) is 17.3. The highest BCUT2D eigenvalue weighted by atomic mass is 32.2. The van der Waals surface area contributed by atoms with Gasteiger partial charge in [0.1, 0.15) is 0 Å². The summed E-state index contributed by atoms with van der Waals surface area (Å²) in [6.07, 6.45) is 0.286. The maximum absolute atomic E-state index is 11.1. The number of fused-ring (bicyclic) bond motifs is 2. The number of anilines is 2. The van der Waals surface area contributed by atoms with Crippen LogP contribution in [0.5, 0.6) is 0 Å². The molecule has 3 rings (SSSR count). The SMILES string of the molecule is CC(CCS(=O)(=O)O)N1c2ccccc2Sc2ccc(C#N)cc21. The van der Waals surface area contributed by atoms with Crippen LogP contribution in [0.4, 0.5) is 11.4 Å². The van der Waals surface area contributed by atoms with Gasteiger partial charge in [0.25, 0.3) is 10.1 Å². The molecule has 0 amide bonds. The van der Waals surface area contributed by atoms with Gasteiger partial charge in [-0.25, -0.2) is 0 Å². The number of hydrogen-bond acceptors (Lipinski definition) is 5. The van der Waals surface area contributed by atoms with Crippen LogP contribution in [0.3, 0.4) is 0 Å². The van der Waals surface area contributed by atoms with Gasteiger partial charge in [0.05, 0.1) is 28.8 Å². The normalized spacial score (nSPS) is 14.5. The Balaban J connectivity index is 2.05. The molecule has 7 heteroatoms. The van der Waals surface area contributed by atoms with E-state index < -0.39 is 10.1 Å². The van der Waals surface area contributed by atoms with Crippen LogP contribution in [0.15, 0.2) is 52.3 Å². The zero-order valence-electron chi connectivity index (χ0n) is 13.0. The summed E-state index contributed by atoms with van der Waals surface area (Å²) in [4.78, 5) is 4.15. The molecule has 0 radical (unpaired) electrons. The molecule has 1 aliphatic rings. The van der Waals surface area contributed by atoms with Gasteiger partial charge in [0, 0.05) is 15.8 Å². The predicted molar refractivity (Wildman–Crippen MR) is 94.4 cm³/mol. The second kappa shape index (κ2) is 6.48. The number of nitrogens with zero attached hydrogens (tertiary/aromatic N) is 2. The molecule has 1 aliphatic heterocycles. The third-order valence-electron chi connectivity index (χ3n) is 3.93. The first-order valence-corrected chi connectivity index (χ1v) is 9.87. The fourth-order valence-electron chi connectivity index (χ4n) is 2.78. The van der Waals surface area contributed by atoms with Crippen molar-refractivity contribution in [3.63, 3.8) is 0 Å². The standard InChI is InChI=1S/C17H16N2O3S2/c1-12(8-9-24(20,21)22)19-14-4-2-3-5-16(14)23-17-7-6-13(11-18)10-15(17)19/h2-7,10,12H,8-9H2,1H3,(H,20,21,22). The second-order valence-electron chi connectivity index (χ2n) is 5.66. The Morgan fingerprint density at radius 2 is 1.92 bits per heavy atom. The molecule has 5 nitrogen and oxygen atoms in total. The van der Waals surface area contributed by atoms with E-state index in [0.717, 1.165) is 21.2 Å². The lowest BCUT2D eigenvalue weighted by Crippen LogP contribution is -2.32. The van der Waals surface area contributed by atoms with E-state index in [4.69, 9.17) is 4.55 Å². The molecule has 24 heavy (non-hydrogen) atoms. The number of hydrogen-bond donors (Lipinski definition) is 1. The Hall–Kier alpha value is -2.01. The fourth-order valence-corrected chi connectivity index (χ4v) is 4.47. The van der Waals surface area contributed by atoms with Crippen LogP contribution in [0.25, 0.3) is 0 Å². The molecule has 1 atom stereocenters. The Morgan fingerprint density at radius 1 is 1.21 bits per heavy atom. The largest absolute Gasteiger partial charge is 0.337 e. The molecule has 0 saturated heterocycles. The van der Waals surface area contributed by atoms with Crippen LogP contribution in [0, 0.1) is 11.3 Å². The summed E-state index contributed by atoms with van der Waals surface area (Å²) in [5.74, 6) is -0.298. The van der Waals surface area contributed by atoms with Gasteiger partial charge in [-0.15, -0.1) is 0 Å². The second-order valence-corrected chi connectivity index (χ2v) is 8.31. The van der Waals surface area contributed by atoms with Crippen LogP contribution in [0.2, 0.25) is 0 Å². The van der Waals surface area contributed by atoms with Gasteiger partial charge in [0.15, 0.2) is 0 Å². The van der Waals surface area contributed by atoms with E-state index in [9.17, 15) is 13.7 Å². The van der Waals surface area contributed by atoms with Crippen LogP contribution in [-0.4, -0.2) is 24.8 Å². The molecule has 0 fully saturated rings. The van der Waals surface area contributed by atoms with Crippen molar-refractivity contribution in [2.45, 2.75) is 29.2 Å². The topological polar surface area (TPSA) is 81.4 Å². The molecule has 0 aliphatic carbocycles. The summed E-state index contributed by atoms with van der Waals surface area (Å²) in [5.41, 5.74) is 2.43. The number of benzene rings is 2. The van der Waals surface area contributed by atoms with E-state index in [2.05, 4.69) is 6.07 Å². The summed E-state index contributed by atoms with van der Waals surface area (Å²) in [5, 5.41) is 9.18. The van der Waals surface area contributed by atoms with E-state index in [0.29, 0.717) is 5.56 Å². The van der Waals surface area contributed by atoms with Crippen molar-refractivity contribution in [3.8, 4) is 6.07 Å². The Bertz CT molecular complexity index is 920. The first-order valence-electron chi connectivity index (χ1n) is 7.44. The van der Waals surface area contributed by atoms with Gasteiger partial charge < -0.3 is 4.90 Å². The maximum atomic E-state index is 11.1. The molecule has 0 spiro atoms. The lowest BCUT2D eigenvalue weighted by atomic mass is 10.1. The van der Waals surface area contributed by atoms with Gasteiger partial charge in [-0.1, -0.05) is 23.9 Å². The van der Waals surface area contributed by atoms with Crippen molar-refractivity contribution in [1.82, 2.24) is 0 Å². The zero-order valence-corrected chi connectivity index (χ0v) is 14.6. The van der Waals surface area contributed by atoms with Crippen molar-refractivity contribution in [1.29, 1.82) is 5.26 Å². The molecule has 0 bridgehead atoms. The molecule has 1 unspecified atom stereocenters. The summed E-state index contributed by atoms with van der Waals surface area (Å²) in [7, 11) is -4.01. The lowest BCUT2D eigenvalue weighted by molar-refractivity contribution is 0.478. The van der Waals surface area contributed by atoms with Gasteiger partial charge >= 0.3 is 0 Å². The predicted octanol–water partition coefficient (Wildman–Crippen LogP) is 3.83. The highest BCUT2D eigenvalue weighted by molar-refractivity contribution is 7.99. The van der Waals surface area contributed by atoms with Crippen molar-refractivity contribution in [3.05, 3.63) is 48.0 Å². The quantitative estimate of drug-likeness (QED) is 0.835. The first kappa shape index (κ1) is 16.8. The minimum atomic E-state index is -4.01. The Kier molecular flexibility index (Phi) is 4.54. The van der Waals surface area contributed by atoms with Crippen molar-refractivity contribution < 1.29 is 13.0 Å². The Labute approximate surface area is 145 Å². The van der Waals surface area contributed by atoms with Crippen LogP contribution in [-0.2, 0) is 10.1 Å². The molecule has 1 heterocycles. The molecule has 1 N–H and O–H groups in total. The molecule has 2 aromatic carbocycles. The average molecular weight is 360 g/mol. The Morgan fingerprint density at radius 3 is 2.62 bits per heavy atom. The summed E-state index contributed by atoms with van der Waals surface area (Å²) >= 11 is 1.63. The van der Waals surface area contributed by atoms with Crippen LogP contribution >= 0.6 is 11.8 Å². The van der Waals surface area contributed by atoms with Gasteiger partial charge in [-0.3, -0.25) is 4.55 Å². The van der Waals surface area contributed by atoms with E-state index in [1.54, 1.807) is 17.8 Å². The van der Waals surface area contributed by atoms with Crippen molar-refractivity contribution in [2.75, 3.05) is 10.7 Å². The minimum Gasteiger partial charge on any atom is -0.337 e. The highest BCUT2D eigenvalue weighted by Gasteiger charge is 2.27. The number of nitriles is 1. The van der Waals surface area contributed by atoms with Crippen molar-refractivity contribution in [2.24, 2.45) is 0 Å². The van der Waals surface area contributed by atoms with E-state index in [1.807, 2.05) is 48.2 Å². The van der Waals surface area contributed by atoms with Crippen LogP contribution in [0.1, 0.15) is 18.9 Å². The van der Waals surface area contributed by atoms with Crippen LogP contribution < -0.4 is 4.90 Å². The van der Waals surface area contributed by atoms with Gasteiger partial charge in [-0.05, 0) is 43.7 Å². The van der Waals surface area contributed by atoms with Gasteiger partial charge in [0.2, 0.25) is 0 Å². The molecular formula is C17H16N2O3S2. The van der Waals surface area contributed by atoms with E-state index in [1.165, 1.54) is 0 Å². The molecule has 0 aromatic heterocycles. The number of para-hydroxylation sites is 1. The van der Waals surface area contributed by atoms with E-state index >= 15 is 0 Å². The highest BCUT2D eigenvalue weighted by Crippen LogP contribution is 2.49. The fraction of sp³-hybridized carbons (Fsp3) is 0.235. The average Bonchev–Trinajstić information content (AvgIpc) is 2.56. The smallest absolute Gasteiger partial charge is 0.264 e. The molecule has 124 valence electrons. The summed E-state index contributed by atoms with van der Waals surface area (Å²) in [6.45, 7) is 1.92. The first-order chi connectivity index (χ1) is 11.4.